The van der Waals surface area contributed by atoms with E-state index in [1.807, 2.05) is 19.2 Å². The summed E-state index contributed by atoms with van der Waals surface area (Å²) in [6.07, 6.45) is 1.03. The molecule has 0 aliphatic carbocycles. The number of hydrogen-bond acceptors (Lipinski definition) is 3. The molecular weight excluding hydrogens is 200 g/mol. The van der Waals surface area contributed by atoms with E-state index in [9.17, 15) is 0 Å². The van der Waals surface area contributed by atoms with Crippen LogP contribution < -0.4 is 15.8 Å². The third-order valence-electron chi connectivity index (χ3n) is 2.56. The minimum absolute atomic E-state index is 0.380. The van der Waals surface area contributed by atoms with Gasteiger partial charge >= 0.3 is 0 Å². The first kappa shape index (κ1) is 13.0. The van der Waals surface area contributed by atoms with Crippen molar-refractivity contribution >= 4 is 0 Å². The fourth-order valence-electron chi connectivity index (χ4n) is 1.64. The minimum atomic E-state index is 0.380. The average molecular weight is 222 g/mol. The van der Waals surface area contributed by atoms with Crippen molar-refractivity contribution in [3.05, 3.63) is 29.8 Å². The van der Waals surface area contributed by atoms with Crippen LogP contribution in [0.4, 0.5) is 0 Å². The number of ether oxygens (including phenoxy) is 1. The molecule has 0 aliphatic heterocycles. The molecule has 16 heavy (non-hydrogen) atoms. The van der Waals surface area contributed by atoms with Crippen molar-refractivity contribution in [3.63, 3.8) is 0 Å². The zero-order valence-electron chi connectivity index (χ0n) is 10.2. The predicted octanol–water partition coefficient (Wildman–Crippen LogP) is 1.74. The summed E-state index contributed by atoms with van der Waals surface area (Å²) in [5.74, 6) is 1.32. The molecule has 0 saturated heterocycles. The SMILES string of the molecule is CCCOc1ccc(C(CN)CNC)cc1. The number of nitrogens with two attached hydrogens (primary N) is 1. The lowest BCUT2D eigenvalue weighted by Gasteiger charge is -2.15. The Morgan fingerprint density at radius 2 is 2.00 bits per heavy atom. The highest BCUT2D eigenvalue weighted by Gasteiger charge is 2.08. The highest BCUT2D eigenvalue weighted by Crippen LogP contribution is 2.18. The van der Waals surface area contributed by atoms with Gasteiger partial charge in [-0.1, -0.05) is 19.1 Å². The fraction of sp³-hybridized carbons (Fsp3) is 0.538. The van der Waals surface area contributed by atoms with Gasteiger partial charge in [-0.25, -0.2) is 0 Å². The first-order valence-electron chi connectivity index (χ1n) is 5.89. The molecule has 3 N–H and O–H groups in total. The van der Waals surface area contributed by atoms with Crippen LogP contribution in [0, 0.1) is 0 Å². The Bertz CT molecular complexity index is 284. The Balaban J connectivity index is 2.61. The van der Waals surface area contributed by atoms with Gasteiger partial charge in [-0.05, 0) is 31.2 Å². The molecule has 1 aromatic carbocycles. The van der Waals surface area contributed by atoms with Crippen molar-refractivity contribution in [1.29, 1.82) is 0 Å². The Labute approximate surface area is 98.0 Å². The van der Waals surface area contributed by atoms with Crippen molar-refractivity contribution in [2.45, 2.75) is 19.3 Å². The minimum Gasteiger partial charge on any atom is -0.494 e. The second-order valence-corrected chi connectivity index (χ2v) is 3.91. The van der Waals surface area contributed by atoms with Gasteiger partial charge in [-0.2, -0.15) is 0 Å². The molecule has 0 bridgehead atoms. The monoisotopic (exact) mass is 222 g/mol. The lowest BCUT2D eigenvalue weighted by atomic mass is 9.99. The van der Waals surface area contributed by atoms with E-state index in [1.165, 1.54) is 5.56 Å². The molecule has 0 heterocycles. The highest BCUT2D eigenvalue weighted by molar-refractivity contribution is 5.29. The largest absolute Gasteiger partial charge is 0.494 e. The number of likely N-dealkylation sites (N-methyl/N-ethyl adjacent to an activating group) is 1. The third kappa shape index (κ3) is 3.83. The van der Waals surface area contributed by atoms with Crippen LogP contribution in [0.5, 0.6) is 5.75 Å². The van der Waals surface area contributed by atoms with Crippen LogP contribution in [0.15, 0.2) is 24.3 Å². The molecule has 0 fully saturated rings. The normalized spacial score (nSPS) is 12.4. The zero-order chi connectivity index (χ0) is 11.8. The maximum atomic E-state index is 5.74. The third-order valence-corrected chi connectivity index (χ3v) is 2.56. The molecule has 0 saturated carbocycles. The van der Waals surface area contributed by atoms with Crippen LogP contribution >= 0.6 is 0 Å². The van der Waals surface area contributed by atoms with Crippen LogP contribution in [0.1, 0.15) is 24.8 Å². The zero-order valence-corrected chi connectivity index (χ0v) is 10.2. The highest BCUT2D eigenvalue weighted by atomic mass is 16.5. The molecule has 0 radical (unpaired) electrons. The van der Waals surface area contributed by atoms with Gasteiger partial charge in [0.15, 0.2) is 0 Å². The topological polar surface area (TPSA) is 47.3 Å². The van der Waals surface area contributed by atoms with Crippen LogP contribution in [0.3, 0.4) is 0 Å². The lowest BCUT2D eigenvalue weighted by molar-refractivity contribution is 0.317. The fourth-order valence-corrected chi connectivity index (χ4v) is 1.64. The second-order valence-electron chi connectivity index (χ2n) is 3.91. The van der Waals surface area contributed by atoms with E-state index in [0.29, 0.717) is 12.5 Å². The summed E-state index contributed by atoms with van der Waals surface area (Å²) in [6.45, 7) is 4.45. The van der Waals surface area contributed by atoms with E-state index in [4.69, 9.17) is 10.5 Å². The molecule has 1 atom stereocenters. The Morgan fingerprint density at radius 3 is 2.50 bits per heavy atom. The molecule has 0 aromatic heterocycles. The molecule has 90 valence electrons. The Hall–Kier alpha value is -1.06. The van der Waals surface area contributed by atoms with Crippen molar-refractivity contribution in [2.24, 2.45) is 5.73 Å². The van der Waals surface area contributed by atoms with Gasteiger partial charge in [0.25, 0.3) is 0 Å². The second kappa shape index (κ2) is 7.25. The molecule has 1 aromatic rings. The van der Waals surface area contributed by atoms with E-state index in [1.54, 1.807) is 0 Å². The van der Waals surface area contributed by atoms with Crippen LogP contribution in [-0.2, 0) is 0 Å². The molecule has 1 rings (SSSR count). The number of hydrogen-bond donors (Lipinski definition) is 2. The van der Waals surface area contributed by atoms with Gasteiger partial charge in [0.2, 0.25) is 0 Å². The summed E-state index contributed by atoms with van der Waals surface area (Å²) in [4.78, 5) is 0. The maximum Gasteiger partial charge on any atom is 0.119 e. The molecule has 1 unspecified atom stereocenters. The molecule has 0 spiro atoms. The first-order valence-corrected chi connectivity index (χ1v) is 5.89. The van der Waals surface area contributed by atoms with E-state index >= 15 is 0 Å². The number of rotatable bonds is 7. The summed E-state index contributed by atoms with van der Waals surface area (Å²) >= 11 is 0. The van der Waals surface area contributed by atoms with Gasteiger partial charge in [-0.15, -0.1) is 0 Å². The molecular formula is C13H22N2O. The van der Waals surface area contributed by atoms with Crippen LogP contribution in [0.2, 0.25) is 0 Å². The van der Waals surface area contributed by atoms with E-state index in [-0.39, 0.29) is 0 Å². The quantitative estimate of drug-likeness (QED) is 0.738. The van der Waals surface area contributed by atoms with Crippen molar-refractivity contribution in [1.82, 2.24) is 5.32 Å². The smallest absolute Gasteiger partial charge is 0.119 e. The summed E-state index contributed by atoms with van der Waals surface area (Å²) < 4.78 is 5.54. The van der Waals surface area contributed by atoms with Gasteiger partial charge in [0.1, 0.15) is 5.75 Å². The van der Waals surface area contributed by atoms with Crippen LogP contribution in [-0.4, -0.2) is 26.7 Å². The van der Waals surface area contributed by atoms with E-state index in [0.717, 1.165) is 25.3 Å². The summed E-state index contributed by atoms with van der Waals surface area (Å²) in [7, 11) is 1.95. The average Bonchev–Trinajstić information content (AvgIpc) is 2.34. The number of nitrogens with one attached hydrogen (secondary N) is 1. The molecule has 0 amide bonds. The predicted molar refractivity (Wildman–Crippen MR) is 68.0 cm³/mol. The van der Waals surface area contributed by atoms with E-state index in [2.05, 4.69) is 24.4 Å². The number of benzene rings is 1. The summed E-state index contributed by atoms with van der Waals surface area (Å²) in [5.41, 5.74) is 7.00. The van der Waals surface area contributed by atoms with E-state index < -0.39 is 0 Å². The Morgan fingerprint density at radius 1 is 1.31 bits per heavy atom. The maximum absolute atomic E-state index is 5.74. The first-order chi connectivity index (χ1) is 7.81. The van der Waals surface area contributed by atoms with Crippen molar-refractivity contribution < 1.29 is 4.74 Å². The van der Waals surface area contributed by atoms with Crippen molar-refractivity contribution in [2.75, 3.05) is 26.7 Å². The van der Waals surface area contributed by atoms with Gasteiger partial charge in [0, 0.05) is 19.0 Å². The van der Waals surface area contributed by atoms with Gasteiger partial charge in [0.05, 0.1) is 6.61 Å². The Kier molecular flexibility index (Phi) is 5.90. The van der Waals surface area contributed by atoms with Crippen LogP contribution in [0.25, 0.3) is 0 Å². The lowest BCUT2D eigenvalue weighted by Crippen LogP contribution is -2.23. The standard InChI is InChI=1S/C13H22N2O/c1-3-8-16-13-6-4-11(5-7-13)12(9-14)10-15-2/h4-7,12,15H,3,8-10,14H2,1-2H3. The molecule has 3 heteroatoms. The molecule has 0 aliphatic rings. The summed E-state index contributed by atoms with van der Waals surface area (Å²) in [5, 5.41) is 3.15. The van der Waals surface area contributed by atoms with Gasteiger partial charge in [-0.3, -0.25) is 0 Å². The van der Waals surface area contributed by atoms with Crippen molar-refractivity contribution in [3.8, 4) is 5.75 Å². The summed E-state index contributed by atoms with van der Waals surface area (Å²) in [6, 6.07) is 8.23. The van der Waals surface area contributed by atoms with Gasteiger partial charge < -0.3 is 15.8 Å². The molecule has 3 nitrogen and oxygen atoms in total.